The number of hydrogen-bond donors (Lipinski definition) is 2. The number of amides is 2. The molecule has 1 heterocycles. The Bertz CT molecular complexity index is 715. The molecule has 2 amide bonds. The van der Waals surface area contributed by atoms with Gasteiger partial charge in [-0.25, -0.2) is 17.9 Å². The molecule has 1 aliphatic heterocycles. The molecule has 0 aromatic heterocycles. The van der Waals surface area contributed by atoms with Crippen molar-refractivity contribution in [3.63, 3.8) is 0 Å². The number of piperidine rings is 1. The van der Waals surface area contributed by atoms with Crippen LogP contribution in [0, 0.1) is 11.3 Å². The van der Waals surface area contributed by atoms with Gasteiger partial charge in [-0.3, -0.25) is 0 Å². The van der Waals surface area contributed by atoms with E-state index in [4.69, 9.17) is 5.26 Å². The molecular weight excluding hydrogens is 328 g/mol. The summed E-state index contributed by atoms with van der Waals surface area (Å²) in [6.07, 6.45) is 1.18. The van der Waals surface area contributed by atoms with Gasteiger partial charge >= 0.3 is 6.03 Å². The fraction of sp³-hybridized carbons (Fsp3) is 0.500. The van der Waals surface area contributed by atoms with Crippen molar-refractivity contribution < 1.29 is 13.2 Å². The van der Waals surface area contributed by atoms with E-state index in [9.17, 15) is 13.2 Å². The van der Waals surface area contributed by atoms with Crippen molar-refractivity contribution in [2.75, 3.05) is 18.4 Å². The lowest BCUT2D eigenvalue weighted by molar-refractivity contribution is 0.193. The maximum atomic E-state index is 12.2. The van der Waals surface area contributed by atoms with Crippen LogP contribution in [0.2, 0.25) is 0 Å². The first kappa shape index (κ1) is 18.2. The molecule has 1 aliphatic rings. The topological polar surface area (TPSA) is 102 Å². The van der Waals surface area contributed by atoms with Crippen LogP contribution < -0.4 is 10.0 Å². The maximum absolute atomic E-state index is 12.2. The predicted molar refractivity (Wildman–Crippen MR) is 92.0 cm³/mol. The van der Waals surface area contributed by atoms with Gasteiger partial charge < -0.3 is 10.2 Å². The van der Waals surface area contributed by atoms with E-state index in [1.807, 2.05) is 6.07 Å². The first-order valence-corrected chi connectivity index (χ1v) is 9.43. The van der Waals surface area contributed by atoms with Crippen molar-refractivity contribution in [3.05, 3.63) is 29.8 Å². The zero-order chi connectivity index (χ0) is 17.7. The number of carbonyl (C=O) groups is 1. The Labute approximate surface area is 142 Å². The van der Waals surface area contributed by atoms with Crippen molar-refractivity contribution in [2.24, 2.45) is 0 Å². The standard InChI is InChI=1S/C16H22N4O3S/c1-12(2)24(22,23)19-15-7-9-20(10-8-15)16(21)18-14-5-3-13(11-17)4-6-14/h3-6,12,15,19H,7-10H2,1-2H3,(H,18,21). The van der Waals surface area contributed by atoms with Gasteiger partial charge in [0.05, 0.1) is 16.9 Å². The van der Waals surface area contributed by atoms with Crippen LogP contribution in [0.15, 0.2) is 24.3 Å². The zero-order valence-electron chi connectivity index (χ0n) is 13.8. The number of nitrogens with zero attached hydrogens (tertiary/aromatic N) is 2. The summed E-state index contributed by atoms with van der Waals surface area (Å²) in [5.74, 6) is 0. The van der Waals surface area contributed by atoms with Crippen molar-refractivity contribution >= 4 is 21.7 Å². The Balaban J connectivity index is 1.85. The molecule has 0 atom stereocenters. The minimum absolute atomic E-state index is 0.128. The van der Waals surface area contributed by atoms with E-state index >= 15 is 0 Å². The smallest absolute Gasteiger partial charge is 0.321 e. The Morgan fingerprint density at radius 1 is 1.25 bits per heavy atom. The highest BCUT2D eigenvalue weighted by atomic mass is 32.2. The lowest BCUT2D eigenvalue weighted by Gasteiger charge is -2.32. The number of anilines is 1. The third-order valence-corrected chi connectivity index (χ3v) is 5.90. The molecule has 1 saturated heterocycles. The summed E-state index contributed by atoms with van der Waals surface area (Å²) in [6, 6.07) is 8.32. The van der Waals surface area contributed by atoms with Gasteiger partial charge in [0.25, 0.3) is 0 Å². The van der Waals surface area contributed by atoms with E-state index in [1.54, 1.807) is 43.0 Å². The molecule has 0 aliphatic carbocycles. The first-order valence-electron chi connectivity index (χ1n) is 7.89. The van der Waals surface area contributed by atoms with Crippen molar-refractivity contribution in [3.8, 4) is 6.07 Å². The lowest BCUT2D eigenvalue weighted by Crippen LogP contribution is -2.48. The largest absolute Gasteiger partial charge is 0.324 e. The monoisotopic (exact) mass is 350 g/mol. The van der Waals surface area contributed by atoms with Gasteiger partial charge in [-0.15, -0.1) is 0 Å². The van der Waals surface area contributed by atoms with Gasteiger partial charge in [0.2, 0.25) is 10.0 Å². The number of benzene rings is 1. The molecule has 2 rings (SSSR count). The molecule has 8 heteroatoms. The zero-order valence-corrected chi connectivity index (χ0v) is 14.6. The fourth-order valence-electron chi connectivity index (χ4n) is 2.40. The molecule has 2 N–H and O–H groups in total. The van der Waals surface area contributed by atoms with Crippen LogP contribution >= 0.6 is 0 Å². The summed E-state index contributed by atoms with van der Waals surface area (Å²) < 4.78 is 26.5. The molecule has 0 radical (unpaired) electrons. The molecule has 1 aromatic carbocycles. The van der Waals surface area contributed by atoms with E-state index < -0.39 is 15.3 Å². The third-order valence-electron chi connectivity index (χ3n) is 4.00. The molecule has 0 unspecified atom stereocenters. The average Bonchev–Trinajstić information content (AvgIpc) is 2.55. The molecule has 7 nitrogen and oxygen atoms in total. The van der Waals surface area contributed by atoms with E-state index in [0.717, 1.165) is 0 Å². The first-order chi connectivity index (χ1) is 11.3. The van der Waals surface area contributed by atoms with E-state index in [-0.39, 0.29) is 12.1 Å². The molecule has 1 fully saturated rings. The molecular formula is C16H22N4O3S. The van der Waals surface area contributed by atoms with Crippen LogP contribution in [0.5, 0.6) is 0 Å². The lowest BCUT2D eigenvalue weighted by atomic mass is 10.1. The van der Waals surface area contributed by atoms with Crippen LogP contribution in [0.25, 0.3) is 0 Å². The number of hydrogen-bond acceptors (Lipinski definition) is 4. The third kappa shape index (κ3) is 4.69. The van der Waals surface area contributed by atoms with Crippen molar-refractivity contribution in [2.45, 2.75) is 38.0 Å². The minimum atomic E-state index is -3.29. The van der Waals surface area contributed by atoms with Crippen LogP contribution in [0.3, 0.4) is 0 Å². The normalized spacial score (nSPS) is 16.0. The van der Waals surface area contributed by atoms with Gasteiger partial charge in [0.15, 0.2) is 0 Å². The highest BCUT2D eigenvalue weighted by molar-refractivity contribution is 7.90. The summed E-state index contributed by atoms with van der Waals surface area (Å²) in [5.41, 5.74) is 1.16. The van der Waals surface area contributed by atoms with Gasteiger partial charge in [-0.05, 0) is 51.0 Å². The number of rotatable bonds is 4. The predicted octanol–water partition coefficient (Wildman–Crippen LogP) is 1.88. The second-order valence-corrected chi connectivity index (χ2v) is 8.36. The molecule has 24 heavy (non-hydrogen) atoms. The van der Waals surface area contributed by atoms with E-state index in [0.29, 0.717) is 37.2 Å². The SMILES string of the molecule is CC(C)S(=O)(=O)NC1CCN(C(=O)Nc2ccc(C#N)cc2)CC1. The van der Waals surface area contributed by atoms with E-state index in [1.165, 1.54) is 0 Å². The van der Waals surface area contributed by atoms with Crippen LogP contribution in [0.4, 0.5) is 10.5 Å². The average molecular weight is 350 g/mol. The summed E-state index contributed by atoms with van der Waals surface area (Å²) in [5, 5.41) is 11.1. The quantitative estimate of drug-likeness (QED) is 0.865. The van der Waals surface area contributed by atoms with Gasteiger partial charge in [0.1, 0.15) is 0 Å². The Morgan fingerprint density at radius 2 is 1.83 bits per heavy atom. The number of nitriles is 1. The number of nitrogens with one attached hydrogen (secondary N) is 2. The summed E-state index contributed by atoms with van der Waals surface area (Å²) >= 11 is 0. The van der Waals surface area contributed by atoms with Gasteiger partial charge in [-0.2, -0.15) is 5.26 Å². The highest BCUT2D eigenvalue weighted by Crippen LogP contribution is 2.15. The Morgan fingerprint density at radius 3 is 2.33 bits per heavy atom. The molecule has 0 spiro atoms. The number of carbonyl (C=O) groups excluding carboxylic acids is 1. The van der Waals surface area contributed by atoms with Crippen LogP contribution in [-0.4, -0.2) is 43.7 Å². The van der Waals surface area contributed by atoms with Crippen molar-refractivity contribution in [1.82, 2.24) is 9.62 Å². The van der Waals surface area contributed by atoms with Gasteiger partial charge in [-0.1, -0.05) is 0 Å². The number of urea groups is 1. The molecule has 0 bridgehead atoms. The Kier molecular flexibility index (Phi) is 5.80. The fourth-order valence-corrected chi connectivity index (χ4v) is 3.37. The molecule has 1 aromatic rings. The Hall–Kier alpha value is -2.11. The summed E-state index contributed by atoms with van der Waals surface area (Å²) in [6.45, 7) is 4.27. The maximum Gasteiger partial charge on any atom is 0.321 e. The van der Waals surface area contributed by atoms with Crippen molar-refractivity contribution in [1.29, 1.82) is 5.26 Å². The second-order valence-electron chi connectivity index (χ2n) is 6.09. The molecule has 0 saturated carbocycles. The molecule has 130 valence electrons. The number of likely N-dealkylation sites (tertiary alicyclic amines) is 1. The summed E-state index contributed by atoms with van der Waals surface area (Å²) in [4.78, 5) is 13.9. The highest BCUT2D eigenvalue weighted by Gasteiger charge is 2.27. The van der Waals surface area contributed by atoms with Crippen LogP contribution in [0.1, 0.15) is 32.3 Å². The summed E-state index contributed by atoms with van der Waals surface area (Å²) in [7, 11) is -3.29. The van der Waals surface area contributed by atoms with E-state index in [2.05, 4.69) is 10.0 Å². The van der Waals surface area contributed by atoms with Crippen LogP contribution in [-0.2, 0) is 10.0 Å². The second kappa shape index (κ2) is 7.64. The van der Waals surface area contributed by atoms with Gasteiger partial charge in [0, 0.05) is 24.8 Å². The number of sulfonamides is 1. The minimum Gasteiger partial charge on any atom is -0.324 e.